The monoisotopic (exact) mass is 448 g/mol. The summed E-state index contributed by atoms with van der Waals surface area (Å²) in [5.41, 5.74) is 10.1. The Bertz CT molecular complexity index is 1400. The lowest BCUT2D eigenvalue weighted by Gasteiger charge is -2.20. The van der Waals surface area contributed by atoms with Crippen LogP contribution in [0.1, 0.15) is 5.56 Å². The highest BCUT2D eigenvalue weighted by molar-refractivity contribution is 7.90. The number of anilines is 1. The van der Waals surface area contributed by atoms with E-state index in [1.54, 1.807) is 35.5 Å². The average molecular weight is 449 g/mol. The third-order valence-corrected chi connectivity index (χ3v) is 6.65. The maximum absolute atomic E-state index is 12.2. The van der Waals surface area contributed by atoms with E-state index in [1.807, 2.05) is 54.1 Å². The molecule has 0 saturated carbocycles. The van der Waals surface area contributed by atoms with E-state index in [-0.39, 0.29) is 4.90 Å². The third kappa shape index (κ3) is 4.36. The van der Waals surface area contributed by atoms with Gasteiger partial charge in [0.05, 0.1) is 4.90 Å². The molecule has 0 atom stereocenters. The molecule has 2 aromatic heterocycles. The Balaban J connectivity index is 1.69. The van der Waals surface area contributed by atoms with Gasteiger partial charge in [-0.05, 0) is 66.1 Å². The molecule has 2 N–H and O–H groups in total. The molecule has 2 amide bonds. The van der Waals surface area contributed by atoms with Crippen LogP contribution in [0.3, 0.4) is 0 Å². The molecule has 0 radical (unpaired) electrons. The van der Waals surface area contributed by atoms with Gasteiger partial charge in [-0.3, -0.25) is 9.88 Å². The van der Waals surface area contributed by atoms with Gasteiger partial charge in [0.15, 0.2) is 9.84 Å². The molecule has 32 heavy (non-hydrogen) atoms. The van der Waals surface area contributed by atoms with Crippen LogP contribution in [-0.2, 0) is 23.3 Å². The molecule has 0 spiro atoms. The van der Waals surface area contributed by atoms with Crippen LogP contribution in [0, 0.1) is 0 Å². The summed E-state index contributed by atoms with van der Waals surface area (Å²) in [7, 11) is -1.37. The Hall–Kier alpha value is -3.65. The van der Waals surface area contributed by atoms with Crippen molar-refractivity contribution >= 4 is 32.5 Å². The fourth-order valence-corrected chi connectivity index (χ4v) is 4.49. The van der Waals surface area contributed by atoms with Crippen LogP contribution in [0.5, 0.6) is 0 Å². The highest BCUT2D eigenvalue weighted by atomic mass is 32.2. The van der Waals surface area contributed by atoms with Gasteiger partial charge in [0.1, 0.15) is 0 Å². The summed E-state index contributed by atoms with van der Waals surface area (Å²) >= 11 is 0. The number of sulfone groups is 1. The van der Waals surface area contributed by atoms with Gasteiger partial charge in [0, 0.05) is 54.5 Å². The van der Waals surface area contributed by atoms with Gasteiger partial charge in [-0.15, -0.1) is 0 Å². The summed E-state index contributed by atoms with van der Waals surface area (Å²) in [5.74, 6) is 0. The van der Waals surface area contributed by atoms with E-state index in [2.05, 4.69) is 4.98 Å². The van der Waals surface area contributed by atoms with Gasteiger partial charge < -0.3 is 10.3 Å². The molecule has 0 aliphatic carbocycles. The first kappa shape index (κ1) is 21.6. The molecule has 0 saturated heterocycles. The summed E-state index contributed by atoms with van der Waals surface area (Å²) in [4.78, 5) is 18.0. The van der Waals surface area contributed by atoms with E-state index in [1.165, 1.54) is 6.26 Å². The molecule has 0 aliphatic heterocycles. The summed E-state index contributed by atoms with van der Waals surface area (Å²) in [6.07, 6.45) is 5.30. The zero-order valence-electron chi connectivity index (χ0n) is 17.9. The van der Waals surface area contributed by atoms with Crippen LogP contribution in [0.2, 0.25) is 0 Å². The number of carbonyl (C=O) groups excluding carboxylic acids is 1. The van der Waals surface area contributed by atoms with Crippen LogP contribution in [0.25, 0.3) is 22.2 Å². The number of fused-ring (bicyclic) bond motifs is 1. The van der Waals surface area contributed by atoms with E-state index in [0.717, 1.165) is 27.7 Å². The molecule has 0 bridgehead atoms. The van der Waals surface area contributed by atoms with Crippen LogP contribution >= 0.6 is 0 Å². The molecule has 0 unspecified atom stereocenters. The first-order valence-corrected chi connectivity index (χ1v) is 12.0. The molecule has 0 aliphatic rings. The summed E-state index contributed by atoms with van der Waals surface area (Å²) in [5, 5.41) is 0.930. The van der Waals surface area contributed by atoms with Crippen molar-refractivity contribution < 1.29 is 13.2 Å². The molecule has 2 heterocycles. The number of aromatic nitrogens is 2. The number of amides is 2. The zero-order valence-corrected chi connectivity index (χ0v) is 18.7. The van der Waals surface area contributed by atoms with Crippen molar-refractivity contribution in [3.8, 4) is 11.3 Å². The summed E-state index contributed by atoms with van der Waals surface area (Å²) in [6.45, 7) is 0.445. The van der Waals surface area contributed by atoms with E-state index < -0.39 is 15.9 Å². The van der Waals surface area contributed by atoms with E-state index in [4.69, 9.17) is 5.73 Å². The van der Waals surface area contributed by atoms with Crippen LogP contribution in [-0.4, -0.2) is 36.8 Å². The fourth-order valence-electron chi connectivity index (χ4n) is 3.82. The normalized spacial score (nSPS) is 11.6. The number of rotatable bonds is 6. The van der Waals surface area contributed by atoms with Gasteiger partial charge in [-0.1, -0.05) is 12.1 Å². The van der Waals surface area contributed by atoms with Gasteiger partial charge in [0.2, 0.25) is 0 Å². The number of hydrogen-bond acceptors (Lipinski definition) is 4. The van der Waals surface area contributed by atoms with Gasteiger partial charge in [-0.25, -0.2) is 13.2 Å². The molecule has 2 aromatic carbocycles. The number of nitrogens with two attached hydrogens (primary N) is 1. The van der Waals surface area contributed by atoms with E-state index in [9.17, 15) is 13.2 Å². The van der Waals surface area contributed by atoms with Crippen molar-refractivity contribution in [3.05, 3.63) is 78.6 Å². The minimum Gasteiger partial charge on any atom is -0.351 e. The Morgan fingerprint density at radius 2 is 1.81 bits per heavy atom. The lowest BCUT2D eigenvalue weighted by atomic mass is 10.1. The highest BCUT2D eigenvalue weighted by Gasteiger charge is 2.16. The van der Waals surface area contributed by atoms with Crippen molar-refractivity contribution in [2.45, 2.75) is 11.3 Å². The number of nitrogens with zero attached hydrogens (tertiary/aromatic N) is 3. The van der Waals surface area contributed by atoms with Crippen LogP contribution in [0.15, 0.2) is 78.0 Å². The lowest BCUT2D eigenvalue weighted by Crippen LogP contribution is -2.37. The Labute approximate surface area is 187 Å². The predicted octanol–water partition coefficient (Wildman–Crippen LogP) is 3.77. The predicted molar refractivity (Wildman–Crippen MR) is 126 cm³/mol. The van der Waals surface area contributed by atoms with Crippen LogP contribution < -0.4 is 10.6 Å². The second-order valence-corrected chi connectivity index (χ2v) is 9.74. The van der Waals surface area contributed by atoms with Gasteiger partial charge in [-0.2, -0.15) is 0 Å². The summed E-state index contributed by atoms with van der Waals surface area (Å²) < 4.78 is 25.9. The second-order valence-electron chi connectivity index (χ2n) is 7.73. The minimum atomic E-state index is -3.30. The van der Waals surface area contributed by atoms with Crippen molar-refractivity contribution in [2.24, 2.45) is 12.8 Å². The van der Waals surface area contributed by atoms with Crippen molar-refractivity contribution in [2.75, 3.05) is 17.7 Å². The fraction of sp³-hybridized carbons (Fsp3) is 0.167. The third-order valence-electron chi connectivity index (χ3n) is 5.54. The molecular formula is C24H24N4O3S. The number of urea groups is 1. The topological polar surface area (TPSA) is 98.3 Å². The Morgan fingerprint density at radius 1 is 1.06 bits per heavy atom. The highest BCUT2D eigenvalue weighted by Crippen LogP contribution is 2.31. The first-order chi connectivity index (χ1) is 15.2. The summed E-state index contributed by atoms with van der Waals surface area (Å²) in [6, 6.07) is 17.9. The SMILES string of the molecule is Cn1c(-c2cccc(S(C)(=O)=O)c2)cc2cc(N(CCc3ccncc3)C(N)=O)ccc21. The average Bonchev–Trinajstić information content (AvgIpc) is 3.10. The lowest BCUT2D eigenvalue weighted by molar-refractivity contribution is 0.254. The molecule has 4 rings (SSSR count). The smallest absolute Gasteiger partial charge is 0.319 e. The minimum absolute atomic E-state index is 0.275. The second kappa shape index (κ2) is 8.47. The number of aryl methyl sites for hydroxylation is 1. The van der Waals surface area contributed by atoms with E-state index >= 15 is 0 Å². The Kier molecular flexibility index (Phi) is 5.71. The van der Waals surface area contributed by atoms with Gasteiger partial charge >= 0.3 is 6.03 Å². The standard InChI is InChI=1S/C24H24N4O3S/c1-27-22-7-6-20(28(24(25)29)13-10-17-8-11-26-12-9-17)14-19(22)16-23(27)18-4-3-5-21(15-18)32(2,30)31/h3-9,11-12,14-16H,10,13H2,1-2H3,(H2,25,29). The largest absolute Gasteiger partial charge is 0.351 e. The molecule has 7 nitrogen and oxygen atoms in total. The molecule has 164 valence electrons. The number of benzene rings is 2. The first-order valence-electron chi connectivity index (χ1n) is 10.1. The number of hydrogen-bond donors (Lipinski definition) is 1. The van der Waals surface area contributed by atoms with Crippen molar-refractivity contribution in [1.82, 2.24) is 9.55 Å². The molecule has 4 aromatic rings. The van der Waals surface area contributed by atoms with Crippen LogP contribution in [0.4, 0.5) is 10.5 Å². The van der Waals surface area contributed by atoms with Crippen molar-refractivity contribution in [1.29, 1.82) is 0 Å². The molecular weight excluding hydrogens is 424 g/mol. The zero-order chi connectivity index (χ0) is 22.9. The quantitative estimate of drug-likeness (QED) is 0.485. The maximum Gasteiger partial charge on any atom is 0.319 e. The van der Waals surface area contributed by atoms with E-state index in [0.29, 0.717) is 18.7 Å². The maximum atomic E-state index is 12.2. The molecule has 0 fully saturated rings. The molecule has 8 heteroatoms. The number of primary amides is 1. The Morgan fingerprint density at radius 3 is 2.50 bits per heavy atom. The number of pyridine rings is 1. The number of carbonyl (C=O) groups is 1. The van der Waals surface area contributed by atoms with Crippen molar-refractivity contribution in [3.63, 3.8) is 0 Å². The van der Waals surface area contributed by atoms with Gasteiger partial charge in [0.25, 0.3) is 0 Å².